The molecule has 7 heteroatoms. The SMILES string of the molecule is O=C(COc1ccc(Nc2ccccc2)cc1)OCC(=O)c1ccc2c(c1)OCCO2. The van der Waals surface area contributed by atoms with Crippen LogP contribution in [0, 0.1) is 0 Å². The van der Waals surface area contributed by atoms with E-state index >= 15 is 0 Å². The maximum atomic E-state index is 12.3. The van der Waals surface area contributed by atoms with Crippen molar-refractivity contribution in [2.75, 3.05) is 31.7 Å². The van der Waals surface area contributed by atoms with Crippen LogP contribution in [-0.2, 0) is 9.53 Å². The van der Waals surface area contributed by atoms with Crippen molar-refractivity contribution in [3.05, 3.63) is 78.4 Å². The number of ketones is 1. The Morgan fingerprint density at radius 2 is 1.52 bits per heavy atom. The number of rotatable bonds is 8. The van der Waals surface area contributed by atoms with Crippen LogP contribution in [0.2, 0.25) is 0 Å². The number of anilines is 2. The quantitative estimate of drug-likeness (QED) is 0.436. The monoisotopic (exact) mass is 419 g/mol. The van der Waals surface area contributed by atoms with Gasteiger partial charge in [0.2, 0.25) is 0 Å². The van der Waals surface area contributed by atoms with E-state index in [0.717, 1.165) is 11.4 Å². The normalized spacial score (nSPS) is 12.0. The first-order valence-electron chi connectivity index (χ1n) is 9.81. The summed E-state index contributed by atoms with van der Waals surface area (Å²) in [5, 5.41) is 3.26. The summed E-state index contributed by atoms with van der Waals surface area (Å²) in [6, 6.07) is 21.8. The van der Waals surface area contributed by atoms with Crippen LogP contribution in [0.3, 0.4) is 0 Å². The maximum absolute atomic E-state index is 12.3. The van der Waals surface area contributed by atoms with E-state index < -0.39 is 5.97 Å². The molecule has 0 spiro atoms. The number of hydrogen-bond acceptors (Lipinski definition) is 7. The van der Waals surface area contributed by atoms with Crippen molar-refractivity contribution in [3.63, 3.8) is 0 Å². The highest BCUT2D eigenvalue weighted by Gasteiger charge is 2.16. The lowest BCUT2D eigenvalue weighted by atomic mass is 10.1. The highest BCUT2D eigenvalue weighted by atomic mass is 16.6. The molecule has 0 saturated heterocycles. The molecule has 0 radical (unpaired) electrons. The lowest BCUT2D eigenvalue weighted by molar-refractivity contribution is -0.144. The molecule has 3 aromatic rings. The molecule has 0 amide bonds. The van der Waals surface area contributed by atoms with Gasteiger partial charge in [-0.1, -0.05) is 18.2 Å². The molecule has 0 aliphatic carbocycles. The number of Topliss-reactive ketones (excluding diaryl/α,β-unsaturated/α-hetero) is 1. The van der Waals surface area contributed by atoms with Crippen LogP contribution < -0.4 is 19.5 Å². The Kier molecular flexibility index (Phi) is 6.32. The van der Waals surface area contributed by atoms with E-state index in [9.17, 15) is 9.59 Å². The number of esters is 1. The number of fused-ring (bicyclic) bond motifs is 1. The second-order valence-electron chi connectivity index (χ2n) is 6.75. The predicted molar refractivity (Wildman–Crippen MR) is 114 cm³/mol. The Morgan fingerprint density at radius 1 is 0.806 bits per heavy atom. The highest BCUT2D eigenvalue weighted by molar-refractivity contribution is 5.98. The molecule has 0 bridgehead atoms. The van der Waals surface area contributed by atoms with Gasteiger partial charge in [0.1, 0.15) is 19.0 Å². The Morgan fingerprint density at radius 3 is 2.29 bits per heavy atom. The number of nitrogens with one attached hydrogen (secondary N) is 1. The number of carbonyl (C=O) groups is 2. The van der Waals surface area contributed by atoms with Gasteiger partial charge in [-0.15, -0.1) is 0 Å². The van der Waals surface area contributed by atoms with Gasteiger partial charge in [-0.05, 0) is 54.6 Å². The largest absolute Gasteiger partial charge is 0.486 e. The second kappa shape index (κ2) is 9.67. The molecule has 0 fully saturated rings. The fraction of sp³-hybridized carbons (Fsp3) is 0.167. The molecule has 158 valence electrons. The van der Waals surface area contributed by atoms with Crippen molar-refractivity contribution < 1.29 is 28.5 Å². The summed E-state index contributed by atoms with van der Waals surface area (Å²) >= 11 is 0. The predicted octanol–water partition coefficient (Wildman–Crippen LogP) is 4.01. The summed E-state index contributed by atoms with van der Waals surface area (Å²) in [6.07, 6.45) is 0. The molecule has 1 aliphatic heterocycles. The van der Waals surface area contributed by atoms with E-state index in [2.05, 4.69) is 5.32 Å². The summed E-state index contributed by atoms with van der Waals surface area (Å²) in [6.45, 7) is 0.242. The van der Waals surface area contributed by atoms with E-state index in [1.165, 1.54) is 0 Å². The van der Waals surface area contributed by atoms with Crippen LogP contribution in [0.4, 0.5) is 11.4 Å². The minimum atomic E-state index is -0.627. The average Bonchev–Trinajstić information content (AvgIpc) is 2.82. The average molecular weight is 419 g/mol. The van der Waals surface area contributed by atoms with Gasteiger partial charge in [-0.25, -0.2) is 4.79 Å². The van der Waals surface area contributed by atoms with E-state index in [0.29, 0.717) is 36.0 Å². The lowest BCUT2D eigenvalue weighted by Gasteiger charge is -2.18. The summed E-state index contributed by atoms with van der Waals surface area (Å²) in [7, 11) is 0. The molecule has 1 aliphatic rings. The van der Waals surface area contributed by atoms with E-state index in [1.54, 1.807) is 30.3 Å². The molecule has 0 atom stereocenters. The van der Waals surface area contributed by atoms with Crippen molar-refractivity contribution in [2.24, 2.45) is 0 Å². The zero-order valence-electron chi connectivity index (χ0n) is 16.7. The van der Waals surface area contributed by atoms with Gasteiger partial charge < -0.3 is 24.3 Å². The minimum Gasteiger partial charge on any atom is -0.486 e. The number of carbonyl (C=O) groups excluding carboxylic acids is 2. The fourth-order valence-electron chi connectivity index (χ4n) is 2.95. The number of ether oxygens (including phenoxy) is 4. The Bertz CT molecular complexity index is 1050. The van der Waals surface area contributed by atoms with Crippen LogP contribution in [-0.4, -0.2) is 38.2 Å². The second-order valence-corrected chi connectivity index (χ2v) is 6.75. The third-order valence-corrected chi connectivity index (χ3v) is 4.50. The summed E-state index contributed by atoms with van der Waals surface area (Å²) in [5.74, 6) is 0.669. The van der Waals surface area contributed by atoms with Crippen molar-refractivity contribution in [3.8, 4) is 17.2 Å². The van der Waals surface area contributed by atoms with Gasteiger partial charge in [0.25, 0.3) is 0 Å². The molecule has 0 aromatic heterocycles. The molecule has 4 rings (SSSR count). The van der Waals surface area contributed by atoms with E-state index in [1.807, 2.05) is 42.5 Å². The molecule has 0 unspecified atom stereocenters. The zero-order valence-corrected chi connectivity index (χ0v) is 16.7. The van der Waals surface area contributed by atoms with Crippen molar-refractivity contribution >= 4 is 23.1 Å². The van der Waals surface area contributed by atoms with Crippen LogP contribution in [0.5, 0.6) is 17.2 Å². The van der Waals surface area contributed by atoms with Crippen molar-refractivity contribution in [1.29, 1.82) is 0 Å². The minimum absolute atomic E-state index is 0.292. The van der Waals surface area contributed by atoms with Gasteiger partial charge in [-0.2, -0.15) is 0 Å². The lowest BCUT2D eigenvalue weighted by Crippen LogP contribution is -2.20. The zero-order chi connectivity index (χ0) is 21.5. The first-order valence-corrected chi connectivity index (χ1v) is 9.81. The van der Waals surface area contributed by atoms with Crippen LogP contribution >= 0.6 is 0 Å². The first-order chi connectivity index (χ1) is 15.2. The topological polar surface area (TPSA) is 83.1 Å². The molecular weight excluding hydrogens is 398 g/mol. The van der Waals surface area contributed by atoms with Gasteiger partial charge in [0, 0.05) is 16.9 Å². The third-order valence-electron chi connectivity index (χ3n) is 4.50. The molecule has 31 heavy (non-hydrogen) atoms. The van der Waals surface area contributed by atoms with Crippen LogP contribution in [0.25, 0.3) is 0 Å². The number of benzene rings is 3. The third kappa shape index (κ3) is 5.54. The molecule has 1 heterocycles. The van der Waals surface area contributed by atoms with Crippen molar-refractivity contribution in [1.82, 2.24) is 0 Å². The molecule has 7 nitrogen and oxygen atoms in total. The summed E-state index contributed by atoms with van der Waals surface area (Å²) in [4.78, 5) is 24.2. The molecule has 3 aromatic carbocycles. The maximum Gasteiger partial charge on any atom is 0.344 e. The number of hydrogen-bond donors (Lipinski definition) is 1. The summed E-state index contributed by atoms with van der Waals surface area (Å²) in [5.41, 5.74) is 2.26. The molecule has 1 N–H and O–H groups in total. The molecule has 0 saturated carbocycles. The van der Waals surface area contributed by atoms with Gasteiger partial charge in [0.05, 0.1) is 0 Å². The van der Waals surface area contributed by atoms with E-state index in [-0.39, 0.29) is 19.0 Å². The Hall–Kier alpha value is -4.00. The fourth-order valence-corrected chi connectivity index (χ4v) is 2.95. The van der Waals surface area contributed by atoms with Crippen LogP contribution in [0.15, 0.2) is 72.8 Å². The van der Waals surface area contributed by atoms with Gasteiger partial charge >= 0.3 is 5.97 Å². The van der Waals surface area contributed by atoms with Crippen LogP contribution in [0.1, 0.15) is 10.4 Å². The van der Waals surface area contributed by atoms with Crippen molar-refractivity contribution in [2.45, 2.75) is 0 Å². The number of para-hydroxylation sites is 1. The summed E-state index contributed by atoms with van der Waals surface area (Å²) < 4.78 is 21.3. The molecular formula is C24H21NO6. The smallest absolute Gasteiger partial charge is 0.344 e. The van der Waals surface area contributed by atoms with E-state index in [4.69, 9.17) is 18.9 Å². The Balaban J connectivity index is 1.22. The highest BCUT2D eigenvalue weighted by Crippen LogP contribution is 2.30. The van der Waals surface area contributed by atoms with Gasteiger partial charge in [-0.3, -0.25) is 4.79 Å². The standard InChI is InChI=1S/C24H21NO6/c26-21(17-6-11-22-23(14-17)29-13-12-28-22)15-31-24(27)16-30-20-9-7-19(8-10-20)25-18-4-2-1-3-5-18/h1-11,14,25H,12-13,15-16H2. The van der Waals surface area contributed by atoms with Gasteiger partial charge in [0.15, 0.2) is 30.5 Å². The Labute approximate surface area is 179 Å². The first kappa shape index (κ1) is 20.3.